The van der Waals surface area contributed by atoms with Gasteiger partial charge >= 0.3 is 6.18 Å². The van der Waals surface area contributed by atoms with E-state index in [1.807, 2.05) is 31.2 Å². The topological polar surface area (TPSA) is 76.0 Å². The Hall–Kier alpha value is -3.36. The lowest BCUT2D eigenvalue weighted by atomic mass is 10.2. The van der Waals surface area contributed by atoms with E-state index in [9.17, 15) is 22.8 Å². The molecule has 0 unspecified atom stereocenters. The van der Waals surface area contributed by atoms with Crippen LogP contribution in [0, 0.1) is 0 Å². The summed E-state index contributed by atoms with van der Waals surface area (Å²) in [5.41, 5.74) is 0.740. The highest BCUT2D eigenvalue weighted by atomic mass is 19.4. The number of imidazole rings is 1. The Kier molecular flexibility index (Phi) is 7.50. The molecule has 1 aromatic heterocycles. The number of benzene rings is 2. The Labute approximate surface area is 183 Å². The first-order valence-corrected chi connectivity index (χ1v) is 10.5. The van der Waals surface area contributed by atoms with E-state index in [1.165, 1.54) is 12.1 Å². The van der Waals surface area contributed by atoms with Crippen molar-refractivity contribution in [1.82, 2.24) is 14.9 Å². The van der Waals surface area contributed by atoms with Crippen LogP contribution in [0.4, 0.5) is 18.9 Å². The van der Waals surface area contributed by atoms with Crippen LogP contribution < -0.4 is 10.6 Å². The van der Waals surface area contributed by atoms with Gasteiger partial charge in [0.05, 0.1) is 16.6 Å². The number of fused-ring (bicyclic) bond motifs is 1. The largest absolute Gasteiger partial charge is 0.416 e. The van der Waals surface area contributed by atoms with Crippen molar-refractivity contribution in [1.29, 1.82) is 0 Å². The normalized spacial score (nSPS) is 11.5. The molecule has 0 fully saturated rings. The predicted molar refractivity (Wildman–Crippen MR) is 116 cm³/mol. The molecule has 0 saturated carbocycles. The number of nitrogens with one attached hydrogen (secondary N) is 2. The molecule has 2 N–H and O–H groups in total. The Balaban J connectivity index is 1.71. The van der Waals surface area contributed by atoms with Gasteiger partial charge in [-0.1, -0.05) is 25.1 Å². The number of nitrogens with zero attached hydrogens (tertiary/aromatic N) is 2. The molecule has 3 aromatic rings. The average Bonchev–Trinajstić information content (AvgIpc) is 3.08. The second-order valence-corrected chi connectivity index (χ2v) is 7.43. The first kappa shape index (κ1) is 23.3. The monoisotopic (exact) mass is 446 g/mol. The van der Waals surface area contributed by atoms with Crippen molar-refractivity contribution in [2.24, 2.45) is 0 Å². The molecular formula is C23H25F3N4O2. The van der Waals surface area contributed by atoms with E-state index in [2.05, 4.69) is 15.6 Å². The number of carbonyl (C=O) groups is 2. The van der Waals surface area contributed by atoms with E-state index in [0.717, 1.165) is 29.6 Å². The standard InChI is InChI=1S/C23H25F3N4O2/c1-2-7-21(31)27-13-6-12-20-29-18-10-3-4-11-19(18)30(20)15-22(32)28-17-9-5-8-16(14-17)23(24,25)26/h3-5,8-11,14H,2,6-7,12-13,15H2,1H3,(H,27,31)(H,28,32). The fourth-order valence-electron chi connectivity index (χ4n) is 3.40. The van der Waals surface area contributed by atoms with Crippen molar-refractivity contribution in [3.05, 3.63) is 59.9 Å². The Bertz CT molecular complexity index is 1090. The number of anilines is 1. The molecule has 0 atom stereocenters. The number of halogens is 3. The molecule has 2 aromatic carbocycles. The highest BCUT2D eigenvalue weighted by molar-refractivity contribution is 5.91. The lowest BCUT2D eigenvalue weighted by Crippen LogP contribution is -2.25. The summed E-state index contributed by atoms with van der Waals surface area (Å²) < 4.78 is 40.5. The first-order chi connectivity index (χ1) is 15.3. The maximum atomic E-state index is 12.9. The second-order valence-electron chi connectivity index (χ2n) is 7.43. The first-order valence-electron chi connectivity index (χ1n) is 10.5. The van der Waals surface area contributed by atoms with E-state index < -0.39 is 17.6 Å². The third-order valence-corrected chi connectivity index (χ3v) is 4.89. The minimum atomic E-state index is -4.49. The summed E-state index contributed by atoms with van der Waals surface area (Å²) in [4.78, 5) is 28.8. The molecule has 0 saturated heterocycles. The Morgan fingerprint density at radius 3 is 2.59 bits per heavy atom. The molecule has 6 nitrogen and oxygen atoms in total. The van der Waals surface area contributed by atoms with Crippen LogP contribution in [0.3, 0.4) is 0 Å². The molecule has 32 heavy (non-hydrogen) atoms. The number of alkyl halides is 3. The van der Waals surface area contributed by atoms with Crippen LogP contribution in [0.1, 0.15) is 37.6 Å². The summed E-state index contributed by atoms with van der Waals surface area (Å²) in [6, 6.07) is 11.9. The minimum absolute atomic E-state index is 0.00136. The summed E-state index contributed by atoms with van der Waals surface area (Å²) >= 11 is 0. The molecule has 9 heteroatoms. The summed E-state index contributed by atoms with van der Waals surface area (Å²) in [5.74, 6) is 0.224. The summed E-state index contributed by atoms with van der Waals surface area (Å²) in [7, 11) is 0. The number of rotatable bonds is 9. The van der Waals surface area contributed by atoms with Gasteiger partial charge < -0.3 is 15.2 Å². The number of aryl methyl sites for hydroxylation is 1. The second kappa shape index (κ2) is 10.3. The molecule has 0 aliphatic carbocycles. The van der Waals surface area contributed by atoms with Gasteiger partial charge in [0, 0.05) is 25.1 Å². The molecule has 0 bridgehead atoms. The Morgan fingerprint density at radius 1 is 1.06 bits per heavy atom. The van der Waals surface area contributed by atoms with Crippen molar-refractivity contribution in [2.45, 2.75) is 45.3 Å². The van der Waals surface area contributed by atoms with Gasteiger partial charge in [-0.05, 0) is 43.2 Å². The van der Waals surface area contributed by atoms with Gasteiger partial charge in [0.2, 0.25) is 11.8 Å². The van der Waals surface area contributed by atoms with Gasteiger partial charge in [-0.3, -0.25) is 9.59 Å². The van der Waals surface area contributed by atoms with Crippen LogP contribution in [-0.2, 0) is 28.7 Å². The number of para-hydroxylation sites is 2. The third kappa shape index (κ3) is 6.09. The van der Waals surface area contributed by atoms with Gasteiger partial charge in [-0.2, -0.15) is 13.2 Å². The zero-order valence-corrected chi connectivity index (χ0v) is 17.7. The molecule has 0 aliphatic rings. The number of aromatic nitrogens is 2. The predicted octanol–water partition coefficient (Wildman–Crippen LogP) is 4.54. The summed E-state index contributed by atoms with van der Waals surface area (Å²) in [5, 5.41) is 5.39. The van der Waals surface area contributed by atoms with Gasteiger partial charge in [-0.15, -0.1) is 0 Å². The van der Waals surface area contributed by atoms with Crippen molar-refractivity contribution < 1.29 is 22.8 Å². The lowest BCUT2D eigenvalue weighted by molar-refractivity contribution is -0.137. The smallest absolute Gasteiger partial charge is 0.356 e. The third-order valence-electron chi connectivity index (χ3n) is 4.89. The van der Waals surface area contributed by atoms with Crippen LogP contribution in [0.15, 0.2) is 48.5 Å². The highest BCUT2D eigenvalue weighted by Gasteiger charge is 2.30. The van der Waals surface area contributed by atoms with Crippen LogP contribution in [0.25, 0.3) is 11.0 Å². The van der Waals surface area contributed by atoms with Crippen molar-refractivity contribution in [2.75, 3.05) is 11.9 Å². The van der Waals surface area contributed by atoms with Crippen molar-refractivity contribution in [3.8, 4) is 0 Å². The van der Waals surface area contributed by atoms with E-state index in [4.69, 9.17) is 0 Å². The van der Waals surface area contributed by atoms with E-state index >= 15 is 0 Å². The van der Waals surface area contributed by atoms with E-state index in [-0.39, 0.29) is 18.1 Å². The van der Waals surface area contributed by atoms with Crippen LogP contribution in [0.5, 0.6) is 0 Å². The highest BCUT2D eigenvalue weighted by Crippen LogP contribution is 2.30. The van der Waals surface area contributed by atoms with Crippen molar-refractivity contribution in [3.63, 3.8) is 0 Å². The average molecular weight is 446 g/mol. The fraction of sp³-hybridized carbons (Fsp3) is 0.348. The van der Waals surface area contributed by atoms with Gasteiger partial charge in [0.1, 0.15) is 12.4 Å². The molecule has 3 rings (SSSR count). The van der Waals surface area contributed by atoms with Gasteiger partial charge in [0.25, 0.3) is 0 Å². The molecule has 1 heterocycles. The zero-order chi connectivity index (χ0) is 23.1. The van der Waals surface area contributed by atoms with Crippen LogP contribution in [-0.4, -0.2) is 27.9 Å². The summed E-state index contributed by atoms with van der Waals surface area (Å²) in [6.07, 6.45) is -2.04. The van der Waals surface area contributed by atoms with Gasteiger partial charge in [0.15, 0.2) is 0 Å². The van der Waals surface area contributed by atoms with Crippen LogP contribution >= 0.6 is 0 Å². The quantitative estimate of drug-likeness (QED) is 0.474. The molecular weight excluding hydrogens is 421 g/mol. The number of hydrogen-bond donors (Lipinski definition) is 2. The number of amides is 2. The number of hydrogen-bond acceptors (Lipinski definition) is 3. The van der Waals surface area contributed by atoms with Crippen LogP contribution in [0.2, 0.25) is 0 Å². The SMILES string of the molecule is CCCC(=O)NCCCc1nc2ccccc2n1CC(=O)Nc1cccc(C(F)(F)F)c1. The van der Waals surface area contributed by atoms with Gasteiger partial charge in [-0.25, -0.2) is 4.98 Å². The number of carbonyl (C=O) groups excluding carboxylic acids is 2. The maximum Gasteiger partial charge on any atom is 0.416 e. The van der Waals surface area contributed by atoms with Crippen molar-refractivity contribution >= 4 is 28.5 Å². The fourth-order valence-corrected chi connectivity index (χ4v) is 3.40. The molecule has 0 spiro atoms. The summed E-state index contributed by atoms with van der Waals surface area (Å²) in [6.45, 7) is 2.35. The molecule has 0 radical (unpaired) electrons. The lowest BCUT2D eigenvalue weighted by Gasteiger charge is -2.12. The molecule has 170 valence electrons. The van der Waals surface area contributed by atoms with E-state index in [0.29, 0.717) is 31.6 Å². The molecule has 2 amide bonds. The van der Waals surface area contributed by atoms with E-state index in [1.54, 1.807) is 4.57 Å². The maximum absolute atomic E-state index is 12.9. The zero-order valence-electron chi connectivity index (χ0n) is 17.7. The molecule has 0 aliphatic heterocycles. The minimum Gasteiger partial charge on any atom is -0.356 e. The Morgan fingerprint density at radius 2 is 1.84 bits per heavy atom.